The van der Waals surface area contributed by atoms with Crippen LogP contribution in [0.15, 0.2) is 91.1 Å². The summed E-state index contributed by atoms with van der Waals surface area (Å²) in [4.78, 5) is 32.5. The molecule has 0 aliphatic rings. The summed E-state index contributed by atoms with van der Waals surface area (Å²) in [6, 6.07) is 25.4. The number of imidazole rings is 1. The number of aromatic nitrogens is 2. The van der Waals surface area contributed by atoms with Crippen molar-refractivity contribution in [1.29, 1.82) is 0 Å². The number of carbonyl (C=O) groups excluding carboxylic acids is 2. The largest absolute Gasteiger partial charge is 0.342 e. The second-order valence-corrected chi connectivity index (χ2v) is 7.14. The van der Waals surface area contributed by atoms with Crippen LogP contribution in [0.25, 0.3) is 11.3 Å². The zero-order valence-electron chi connectivity index (χ0n) is 17.0. The van der Waals surface area contributed by atoms with Crippen molar-refractivity contribution in [3.05, 3.63) is 108 Å². The summed E-state index contributed by atoms with van der Waals surface area (Å²) in [5.41, 5.74) is 3.63. The highest BCUT2D eigenvalue weighted by atomic mass is 16.2. The van der Waals surface area contributed by atoms with Crippen molar-refractivity contribution < 1.29 is 9.59 Å². The van der Waals surface area contributed by atoms with Gasteiger partial charge in [-0.15, -0.1) is 0 Å². The van der Waals surface area contributed by atoms with E-state index >= 15 is 0 Å². The van der Waals surface area contributed by atoms with E-state index in [1.165, 1.54) is 0 Å². The van der Waals surface area contributed by atoms with E-state index in [9.17, 15) is 9.59 Å². The maximum absolute atomic E-state index is 12.6. The average Bonchev–Trinajstić information content (AvgIpc) is 3.31. The fourth-order valence-electron chi connectivity index (χ4n) is 3.17. The maximum atomic E-state index is 12.6. The molecule has 2 amide bonds. The summed E-state index contributed by atoms with van der Waals surface area (Å²) in [5, 5.41) is 5.77. The number of benzene rings is 3. The smallest absolute Gasteiger partial charge is 0.255 e. The van der Waals surface area contributed by atoms with Gasteiger partial charge in [-0.2, -0.15) is 0 Å². The van der Waals surface area contributed by atoms with E-state index in [4.69, 9.17) is 0 Å². The summed E-state index contributed by atoms with van der Waals surface area (Å²) >= 11 is 0. The van der Waals surface area contributed by atoms with Gasteiger partial charge in [0.1, 0.15) is 5.82 Å². The van der Waals surface area contributed by atoms with E-state index in [0.29, 0.717) is 22.6 Å². The lowest BCUT2D eigenvalue weighted by Gasteiger charge is -2.12. The Morgan fingerprint density at radius 3 is 2.10 bits per heavy atom. The SMILES string of the molecule is CC(NC(=O)c1ccc(NC(=O)c2ccccc2)cc1)c1ncc(-c2ccccc2)[nH]1. The number of rotatable bonds is 6. The molecule has 1 atom stereocenters. The number of nitrogens with one attached hydrogen (secondary N) is 3. The number of anilines is 1. The number of amides is 2. The molecule has 0 saturated heterocycles. The highest BCUT2D eigenvalue weighted by molar-refractivity contribution is 6.04. The molecule has 4 rings (SSSR count). The minimum atomic E-state index is -0.289. The third kappa shape index (κ3) is 4.87. The molecule has 6 nitrogen and oxygen atoms in total. The van der Waals surface area contributed by atoms with E-state index in [-0.39, 0.29) is 17.9 Å². The minimum Gasteiger partial charge on any atom is -0.342 e. The molecule has 154 valence electrons. The Morgan fingerprint density at radius 2 is 1.42 bits per heavy atom. The van der Waals surface area contributed by atoms with Gasteiger partial charge in [0.2, 0.25) is 0 Å². The molecule has 1 heterocycles. The first-order valence-corrected chi connectivity index (χ1v) is 9.98. The molecule has 3 N–H and O–H groups in total. The van der Waals surface area contributed by atoms with Crippen molar-refractivity contribution in [3.8, 4) is 11.3 Å². The molecule has 0 spiro atoms. The van der Waals surface area contributed by atoms with Crippen LogP contribution < -0.4 is 10.6 Å². The van der Waals surface area contributed by atoms with Crippen LogP contribution in [0.3, 0.4) is 0 Å². The number of aromatic amines is 1. The number of H-pyrrole nitrogens is 1. The second kappa shape index (κ2) is 9.09. The van der Waals surface area contributed by atoms with Crippen LogP contribution in [-0.4, -0.2) is 21.8 Å². The first-order chi connectivity index (χ1) is 15.1. The van der Waals surface area contributed by atoms with Gasteiger partial charge >= 0.3 is 0 Å². The van der Waals surface area contributed by atoms with Crippen LogP contribution in [-0.2, 0) is 0 Å². The summed E-state index contributed by atoms with van der Waals surface area (Å²) in [6.07, 6.45) is 1.76. The Labute approximate surface area is 180 Å². The van der Waals surface area contributed by atoms with Gasteiger partial charge in [-0.1, -0.05) is 48.5 Å². The zero-order valence-corrected chi connectivity index (χ0v) is 17.0. The van der Waals surface area contributed by atoms with E-state index in [2.05, 4.69) is 20.6 Å². The van der Waals surface area contributed by atoms with Crippen molar-refractivity contribution in [2.75, 3.05) is 5.32 Å². The fourth-order valence-corrected chi connectivity index (χ4v) is 3.17. The molecule has 31 heavy (non-hydrogen) atoms. The van der Waals surface area contributed by atoms with E-state index in [1.54, 1.807) is 42.6 Å². The molecule has 1 aromatic heterocycles. The number of hydrogen-bond acceptors (Lipinski definition) is 3. The van der Waals surface area contributed by atoms with Gasteiger partial charge in [0.15, 0.2) is 0 Å². The predicted octanol–water partition coefficient (Wildman–Crippen LogP) is 4.82. The fraction of sp³-hybridized carbons (Fsp3) is 0.0800. The summed E-state index contributed by atoms with van der Waals surface area (Å²) in [7, 11) is 0. The summed E-state index contributed by atoms with van der Waals surface area (Å²) in [6.45, 7) is 1.87. The average molecular weight is 410 g/mol. The molecule has 0 aliphatic carbocycles. The Hall–Kier alpha value is -4.19. The van der Waals surface area contributed by atoms with Crippen LogP contribution in [0.4, 0.5) is 5.69 Å². The van der Waals surface area contributed by atoms with Gasteiger partial charge < -0.3 is 15.6 Å². The Morgan fingerprint density at radius 1 is 0.806 bits per heavy atom. The number of nitrogens with zero attached hydrogens (tertiary/aromatic N) is 1. The summed E-state index contributed by atoms with van der Waals surface area (Å²) in [5.74, 6) is 0.267. The van der Waals surface area contributed by atoms with Crippen molar-refractivity contribution in [3.63, 3.8) is 0 Å². The molecule has 0 radical (unpaired) electrons. The topological polar surface area (TPSA) is 86.9 Å². The lowest BCUT2D eigenvalue weighted by Crippen LogP contribution is -2.27. The van der Waals surface area contributed by atoms with Crippen molar-refractivity contribution in [1.82, 2.24) is 15.3 Å². The Bertz CT molecular complexity index is 1170. The summed E-state index contributed by atoms with van der Waals surface area (Å²) < 4.78 is 0. The highest BCUT2D eigenvalue weighted by Crippen LogP contribution is 2.19. The van der Waals surface area contributed by atoms with Crippen molar-refractivity contribution >= 4 is 17.5 Å². The van der Waals surface area contributed by atoms with Gasteiger partial charge in [-0.3, -0.25) is 9.59 Å². The normalized spacial score (nSPS) is 11.5. The predicted molar refractivity (Wildman–Crippen MR) is 121 cm³/mol. The van der Waals surface area contributed by atoms with Crippen molar-refractivity contribution in [2.45, 2.75) is 13.0 Å². The van der Waals surface area contributed by atoms with Crippen molar-refractivity contribution in [2.24, 2.45) is 0 Å². The third-order valence-electron chi connectivity index (χ3n) is 4.88. The van der Waals surface area contributed by atoms with Gasteiger partial charge in [-0.25, -0.2) is 4.98 Å². The molecule has 4 aromatic rings. The molecular weight excluding hydrogens is 388 g/mol. The van der Waals surface area contributed by atoms with Gasteiger partial charge in [0.25, 0.3) is 11.8 Å². The van der Waals surface area contributed by atoms with Crippen LogP contribution in [0.5, 0.6) is 0 Å². The molecule has 3 aromatic carbocycles. The first-order valence-electron chi connectivity index (χ1n) is 9.98. The lowest BCUT2D eigenvalue weighted by molar-refractivity contribution is 0.0938. The molecule has 0 fully saturated rings. The van der Waals surface area contributed by atoms with E-state index < -0.39 is 0 Å². The number of carbonyl (C=O) groups is 2. The van der Waals surface area contributed by atoms with Gasteiger partial charge in [0, 0.05) is 16.8 Å². The molecule has 0 bridgehead atoms. The van der Waals surface area contributed by atoms with E-state index in [1.807, 2.05) is 55.5 Å². The monoisotopic (exact) mass is 410 g/mol. The Kier molecular flexibility index (Phi) is 5.89. The zero-order chi connectivity index (χ0) is 21.6. The molecular formula is C25H22N4O2. The standard InChI is InChI=1S/C25H22N4O2/c1-17(23-26-16-22(29-23)18-8-4-2-5-9-18)27-24(30)20-12-14-21(15-13-20)28-25(31)19-10-6-3-7-11-19/h2-17H,1H3,(H,26,29)(H,27,30)(H,28,31). The van der Waals surface area contributed by atoms with Crippen LogP contribution in [0.1, 0.15) is 39.5 Å². The minimum absolute atomic E-state index is 0.196. The maximum Gasteiger partial charge on any atom is 0.255 e. The van der Waals surface area contributed by atoms with Crippen LogP contribution in [0.2, 0.25) is 0 Å². The first kappa shape index (κ1) is 20.1. The van der Waals surface area contributed by atoms with Gasteiger partial charge in [-0.05, 0) is 48.9 Å². The van der Waals surface area contributed by atoms with Crippen LogP contribution >= 0.6 is 0 Å². The highest BCUT2D eigenvalue weighted by Gasteiger charge is 2.15. The second-order valence-electron chi connectivity index (χ2n) is 7.14. The lowest BCUT2D eigenvalue weighted by atomic mass is 10.1. The van der Waals surface area contributed by atoms with Gasteiger partial charge in [0.05, 0.1) is 17.9 Å². The quantitative estimate of drug-likeness (QED) is 0.426. The third-order valence-corrected chi connectivity index (χ3v) is 4.88. The molecule has 0 aliphatic heterocycles. The van der Waals surface area contributed by atoms with Crippen LogP contribution in [0, 0.1) is 0 Å². The number of hydrogen-bond donors (Lipinski definition) is 3. The molecule has 1 unspecified atom stereocenters. The molecule has 0 saturated carbocycles. The Balaban J connectivity index is 1.37. The van der Waals surface area contributed by atoms with E-state index in [0.717, 1.165) is 11.3 Å². The molecule has 6 heteroatoms.